The van der Waals surface area contributed by atoms with E-state index in [2.05, 4.69) is 10.3 Å². The monoisotopic (exact) mass is 486 g/mol. The maximum atomic E-state index is 12.9. The molecule has 7 heteroatoms. The minimum Gasteiger partial charge on any atom is -0.494 e. The Morgan fingerprint density at radius 3 is 2.37 bits per heavy atom. The summed E-state index contributed by atoms with van der Waals surface area (Å²) >= 11 is 1.58. The van der Waals surface area contributed by atoms with Crippen LogP contribution in [0.5, 0.6) is 5.75 Å². The quantitative estimate of drug-likeness (QED) is 0.267. The minimum absolute atomic E-state index is 0.0646. The van der Waals surface area contributed by atoms with Crippen molar-refractivity contribution < 1.29 is 19.4 Å². The third-order valence-electron chi connectivity index (χ3n) is 6.48. The van der Waals surface area contributed by atoms with Crippen molar-refractivity contribution >= 4 is 44.1 Å². The second-order valence-corrected chi connectivity index (χ2v) is 9.74. The van der Waals surface area contributed by atoms with Gasteiger partial charge < -0.3 is 15.2 Å². The molecule has 1 aliphatic rings. The van der Waals surface area contributed by atoms with Gasteiger partial charge in [-0.3, -0.25) is 9.59 Å². The van der Waals surface area contributed by atoms with Crippen LogP contribution in [0.2, 0.25) is 0 Å². The molecule has 1 aromatic heterocycles. The second-order valence-electron chi connectivity index (χ2n) is 8.71. The first kappa shape index (κ1) is 23.1. The zero-order valence-corrected chi connectivity index (χ0v) is 20.2. The standard InChI is InChI=1S/C28H26N2O4S/c1-2-34-21-14-15-24-25(16-21)35-28(30-24)29-20-12-10-18(11-13-20)17-6-8-19(9-7-17)26(31)22-4-3-5-23(22)27(32)33/h6-16,22-23H,2-5H2,1H3,(H,29,30)(H,32,33)/t22-,23-/m0/s1. The van der Waals surface area contributed by atoms with Crippen molar-refractivity contribution in [3.05, 3.63) is 72.3 Å². The number of nitrogens with zero attached hydrogens (tertiary/aromatic N) is 1. The number of ketones is 1. The molecule has 0 unspecified atom stereocenters. The summed E-state index contributed by atoms with van der Waals surface area (Å²) in [6.07, 6.45) is 2.01. The summed E-state index contributed by atoms with van der Waals surface area (Å²) in [5.74, 6) is -1.07. The molecule has 1 saturated carbocycles. The fourth-order valence-corrected chi connectivity index (χ4v) is 5.61. The number of carbonyl (C=O) groups is 2. The number of hydrogen-bond donors (Lipinski definition) is 2. The van der Waals surface area contributed by atoms with Gasteiger partial charge in [-0.1, -0.05) is 54.2 Å². The minimum atomic E-state index is -0.868. The van der Waals surface area contributed by atoms with Crippen LogP contribution in [-0.2, 0) is 4.79 Å². The lowest BCUT2D eigenvalue weighted by atomic mass is 9.88. The van der Waals surface area contributed by atoms with E-state index in [0.717, 1.165) is 44.3 Å². The molecule has 2 atom stereocenters. The largest absolute Gasteiger partial charge is 0.494 e. The van der Waals surface area contributed by atoms with E-state index in [4.69, 9.17) is 4.74 Å². The predicted octanol–water partition coefficient (Wildman–Crippen LogP) is 6.79. The molecule has 6 nitrogen and oxygen atoms in total. The number of thiazole rings is 1. The first-order valence-corrected chi connectivity index (χ1v) is 12.6. The molecule has 0 aliphatic heterocycles. The number of carboxylic acids is 1. The number of aromatic nitrogens is 1. The van der Waals surface area contributed by atoms with Crippen LogP contribution in [0.1, 0.15) is 36.5 Å². The normalized spacial score (nSPS) is 17.4. The molecule has 1 heterocycles. The van der Waals surface area contributed by atoms with Gasteiger partial charge in [-0.25, -0.2) is 4.98 Å². The Hall–Kier alpha value is -3.71. The molecule has 2 N–H and O–H groups in total. The van der Waals surface area contributed by atoms with E-state index < -0.39 is 17.8 Å². The molecule has 0 saturated heterocycles. The van der Waals surface area contributed by atoms with Gasteiger partial charge in [-0.05, 0) is 61.2 Å². The van der Waals surface area contributed by atoms with Crippen LogP contribution in [0, 0.1) is 11.8 Å². The number of benzene rings is 3. The topological polar surface area (TPSA) is 88.5 Å². The Morgan fingerprint density at radius 2 is 1.69 bits per heavy atom. The molecule has 3 aromatic carbocycles. The fraction of sp³-hybridized carbons (Fsp3) is 0.250. The van der Waals surface area contributed by atoms with Gasteiger partial charge >= 0.3 is 5.97 Å². The molecule has 0 bridgehead atoms. The zero-order valence-electron chi connectivity index (χ0n) is 19.4. The number of hydrogen-bond acceptors (Lipinski definition) is 6. The van der Waals surface area contributed by atoms with E-state index in [0.29, 0.717) is 25.0 Å². The van der Waals surface area contributed by atoms with E-state index >= 15 is 0 Å². The number of aliphatic carboxylic acids is 1. The number of carboxylic acid groups (broad SMARTS) is 1. The lowest BCUT2D eigenvalue weighted by Crippen LogP contribution is -2.25. The molecular formula is C28H26N2O4S. The molecule has 4 aromatic rings. The average molecular weight is 487 g/mol. The van der Waals surface area contributed by atoms with E-state index in [-0.39, 0.29) is 5.78 Å². The Labute approximate surface area is 207 Å². The molecule has 35 heavy (non-hydrogen) atoms. The Kier molecular flexibility index (Phi) is 6.51. The summed E-state index contributed by atoms with van der Waals surface area (Å²) in [7, 11) is 0. The van der Waals surface area contributed by atoms with Gasteiger partial charge in [0.2, 0.25) is 0 Å². The highest BCUT2D eigenvalue weighted by molar-refractivity contribution is 7.22. The van der Waals surface area contributed by atoms with Crippen molar-refractivity contribution in [3.63, 3.8) is 0 Å². The van der Waals surface area contributed by atoms with Crippen molar-refractivity contribution in [2.45, 2.75) is 26.2 Å². The molecular weight excluding hydrogens is 460 g/mol. The maximum Gasteiger partial charge on any atom is 0.307 e. The van der Waals surface area contributed by atoms with Crippen LogP contribution >= 0.6 is 11.3 Å². The van der Waals surface area contributed by atoms with Crippen molar-refractivity contribution in [1.82, 2.24) is 4.98 Å². The molecule has 1 aliphatic carbocycles. The summed E-state index contributed by atoms with van der Waals surface area (Å²) in [6.45, 7) is 2.60. The first-order chi connectivity index (χ1) is 17.0. The smallest absolute Gasteiger partial charge is 0.307 e. The Bertz CT molecular complexity index is 1360. The number of anilines is 2. The van der Waals surface area contributed by atoms with Crippen LogP contribution in [0.4, 0.5) is 10.8 Å². The highest BCUT2D eigenvalue weighted by Crippen LogP contribution is 2.35. The van der Waals surface area contributed by atoms with E-state index in [1.54, 1.807) is 23.5 Å². The third kappa shape index (κ3) is 4.91. The van der Waals surface area contributed by atoms with Gasteiger partial charge in [-0.15, -0.1) is 0 Å². The lowest BCUT2D eigenvalue weighted by molar-refractivity contribution is -0.142. The van der Waals surface area contributed by atoms with E-state index in [9.17, 15) is 14.7 Å². The van der Waals surface area contributed by atoms with Crippen molar-refractivity contribution in [3.8, 4) is 16.9 Å². The SMILES string of the molecule is CCOc1ccc2nc(Nc3ccc(-c4ccc(C(=O)[C@H]5CCC[C@@H]5C(=O)O)cc4)cc3)sc2c1. The molecule has 1 fully saturated rings. The number of carbonyl (C=O) groups excluding carboxylic acids is 1. The number of fused-ring (bicyclic) bond motifs is 1. The summed E-state index contributed by atoms with van der Waals surface area (Å²) in [5, 5.41) is 13.6. The van der Waals surface area contributed by atoms with Crippen LogP contribution < -0.4 is 10.1 Å². The number of ether oxygens (including phenoxy) is 1. The summed E-state index contributed by atoms with van der Waals surface area (Å²) in [6, 6.07) is 21.4. The van der Waals surface area contributed by atoms with E-state index in [1.807, 2.05) is 61.5 Å². The van der Waals surface area contributed by atoms with Gasteiger partial charge in [-0.2, -0.15) is 0 Å². The predicted molar refractivity (Wildman–Crippen MR) is 139 cm³/mol. The fourth-order valence-electron chi connectivity index (χ4n) is 4.69. The van der Waals surface area contributed by atoms with Gasteiger partial charge in [0, 0.05) is 17.2 Å². The van der Waals surface area contributed by atoms with Crippen LogP contribution in [0.15, 0.2) is 66.7 Å². The number of nitrogens with one attached hydrogen (secondary N) is 1. The first-order valence-electron chi connectivity index (χ1n) is 11.8. The average Bonchev–Trinajstić information content (AvgIpc) is 3.51. The lowest BCUT2D eigenvalue weighted by Gasteiger charge is -2.14. The second kappa shape index (κ2) is 9.88. The molecule has 5 rings (SSSR count). The molecule has 0 amide bonds. The highest BCUT2D eigenvalue weighted by atomic mass is 32.1. The van der Waals surface area contributed by atoms with Crippen LogP contribution in [0.25, 0.3) is 21.3 Å². The van der Waals surface area contributed by atoms with Crippen LogP contribution in [-0.4, -0.2) is 28.4 Å². The summed E-state index contributed by atoms with van der Waals surface area (Å²) in [5.41, 5.74) is 4.47. The zero-order chi connectivity index (χ0) is 24.4. The van der Waals surface area contributed by atoms with Gasteiger partial charge in [0.1, 0.15) is 5.75 Å². The highest BCUT2D eigenvalue weighted by Gasteiger charge is 2.37. The molecule has 0 spiro atoms. The van der Waals surface area contributed by atoms with Crippen LogP contribution in [0.3, 0.4) is 0 Å². The number of Topliss-reactive ketones (excluding diaryl/α,β-unsaturated/α-hetero) is 1. The maximum absolute atomic E-state index is 12.9. The van der Waals surface area contributed by atoms with Gasteiger partial charge in [0.25, 0.3) is 0 Å². The Balaban J connectivity index is 1.27. The van der Waals surface area contributed by atoms with Gasteiger partial charge in [0.05, 0.1) is 22.7 Å². The molecule has 0 radical (unpaired) electrons. The van der Waals surface area contributed by atoms with E-state index in [1.165, 1.54) is 0 Å². The van der Waals surface area contributed by atoms with Crippen molar-refractivity contribution in [2.75, 3.05) is 11.9 Å². The number of rotatable bonds is 8. The molecule has 178 valence electrons. The Morgan fingerprint density at radius 1 is 1.00 bits per heavy atom. The third-order valence-corrected chi connectivity index (χ3v) is 7.41. The van der Waals surface area contributed by atoms with Gasteiger partial charge in [0.15, 0.2) is 10.9 Å². The summed E-state index contributed by atoms with van der Waals surface area (Å²) in [4.78, 5) is 29.0. The van der Waals surface area contributed by atoms with Crippen molar-refractivity contribution in [1.29, 1.82) is 0 Å². The van der Waals surface area contributed by atoms with Crippen molar-refractivity contribution in [2.24, 2.45) is 11.8 Å². The summed E-state index contributed by atoms with van der Waals surface area (Å²) < 4.78 is 6.64.